The molecular formula is C18H22N2. The van der Waals surface area contributed by atoms with Crippen LogP contribution in [0.5, 0.6) is 0 Å². The minimum Gasteiger partial charge on any atom is -0.299 e. The minimum atomic E-state index is 0.297. The van der Waals surface area contributed by atoms with Crippen LogP contribution in [-0.4, -0.2) is 29.7 Å². The van der Waals surface area contributed by atoms with Crippen LogP contribution >= 0.6 is 0 Å². The zero-order valence-corrected chi connectivity index (χ0v) is 12.2. The van der Waals surface area contributed by atoms with Gasteiger partial charge in [0.15, 0.2) is 0 Å². The Morgan fingerprint density at radius 3 is 3.15 bits per heavy atom. The van der Waals surface area contributed by atoms with Crippen LogP contribution in [0.2, 0.25) is 0 Å². The number of rotatable bonds is 1. The number of para-hydroxylation sites is 1. The first-order chi connectivity index (χ1) is 9.83. The summed E-state index contributed by atoms with van der Waals surface area (Å²) in [7, 11) is 0. The number of aliphatic imine (C=N–C) groups is 1. The van der Waals surface area contributed by atoms with Gasteiger partial charge in [-0.05, 0) is 49.3 Å². The lowest BCUT2D eigenvalue weighted by molar-refractivity contribution is 0.0667. The molecule has 20 heavy (non-hydrogen) atoms. The van der Waals surface area contributed by atoms with E-state index in [9.17, 15) is 0 Å². The van der Waals surface area contributed by atoms with E-state index in [1.807, 2.05) is 0 Å². The van der Waals surface area contributed by atoms with E-state index in [4.69, 9.17) is 4.99 Å². The van der Waals surface area contributed by atoms with Gasteiger partial charge in [-0.15, -0.1) is 0 Å². The Kier molecular flexibility index (Phi) is 2.15. The summed E-state index contributed by atoms with van der Waals surface area (Å²) in [5.41, 5.74) is 4.63. The van der Waals surface area contributed by atoms with E-state index in [1.54, 1.807) is 0 Å². The first-order valence-electron chi connectivity index (χ1n) is 8.24. The van der Waals surface area contributed by atoms with Gasteiger partial charge in [0.25, 0.3) is 0 Å². The SMILES string of the molecule is CCC1CN2CC[C@@]34C(=Nc5ccccc53)C[C@H]1C[C@H]24. The predicted octanol–water partition coefficient (Wildman–Crippen LogP) is 3.53. The average Bonchev–Trinajstić information content (AvgIpc) is 3.02. The highest BCUT2D eigenvalue weighted by molar-refractivity contribution is 6.03. The summed E-state index contributed by atoms with van der Waals surface area (Å²) in [6, 6.07) is 9.66. The van der Waals surface area contributed by atoms with Gasteiger partial charge in [-0.2, -0.15) is 0 Å². The van der Waals surface area contributed by atoms with Crippen LogP contribution < -0.4 is 0 Å². The van der Waals surface area contributed by atoms with Crippen LogP contribution in [0.15, 0.2) is 29.3 Å². The monoisotopic (exact) mass is 266 g/mol. The number of piperidine rings is 1. The van der Waals surface area contributed by atoms with Crippen molar-refractivity contribution in [1.82, 2.24) is 4.90 Å². The molecule has 3 aliphatic heterocycles. The molecule has 1 saturated carbocycles. The molecule has 1 aliphatic carbocycles. The fourth-order valence-corrected chi connectivity index (χ4v) is 5.64. The Bertz CT molecular complexity index is 605. The minimum absolute atomic E-state index is 0.297. The van der Waals surface area contributed by atoms with Crippen molar-refractivity contribution < 1.29 is 0 Å². The molecule has 4 aliphatic rings. The lowest BCUT2D eigenvalue weighted by Crippen LogP contribution is -2.57. The Balaban J connectivity index is 1.69. The molecule has 0 radical (unpaired) electrons. The Morgan fingerprint density at radius 1 is 1.35 bits per heavy atom. The van der Waals surface area contributed by atoms with Gasteiger partial charge >= 0.3 is 0 Å². The quantitative estimate of drug-likeness (QED) is 0.759. The zero-order chi connectivity index (χ0) is 13.3. The fraction of sp³-hybridized carbons (Fsp3) is 0.611. The third kappa shape index (κ3) is 1.18. The summed E-state index contributed by atoms with van der Waals surface area (Å²) in [6.07, 6.45) is 5.31. The molecule has 3 heterocycles. The second-order valence-corrected chi connectivity index (χ2v) is 7.18. The van der Waals surface area contributed by atoms with Gasteiger partial charge in [0.2, 0.25) is 0 Å². The van der Waals surface area contributed by atoms with Crippen molar-refractivity contribution in [3.05, 3.63) is 29.8 Å². The van der Waals surface area contributed by atoms with Gasteiger partial charge < -0.3 is 0 Å². The fourth-order valence-electron chi connectivity index (χ4n) is 5.64. The first kappa shape index (κ1) is 11.5. The molecule has 1 aromatic carbocycles. The van der Waals surface area contributed by atoms with Crippen LogP contribution in [-0.2, 0) is 5.41 Å². The molecule has 1 spiro atoms. The van der Waals surface area contributed by atoms with Crippen molar-refractivity contribution >= 4 is 11.4 Å². The van der Waals surface area contributed by atoms with Gasteiger partial charge in [-0.1, -0.05) is 31.5 Å². The maximum absolute atomic E-state index is 5.08. The molecule has 2 saturated heterocycles. The normalized spacial score (nSPS) is 41.2. The van der Waals surface area contributed by atoms with Gasteiger partial charge in [-0.3, -0.25) is 9.89 Å². The molecule has 2 bridgehead atoms. The molecular weight excluding hydrogens is 244 g/mol. The number of hydrogen-bond donors (Lipinski definition) is 0. The number of benzene rings is 1. The molecule has 5 rings (SSSR count). The van der Waals surface area contributed by atoms with E-state index in [2.05, 4.69) is 36.1 Å². The van der Waals surface area contributed by atoms with Crippen LogP contribution in [0.4, 0.5) is 5.69 Å². The van der Waals surface area contributed by atoms with Crippen LogP contribution in [0.1, 0.15) is 38.2 Å². The molecule has 0 amide bonds. The summed E-state index contributed by atoms with van der Waals surface area (Å²) in [5.74, 6) is 1.79. The zero-order valence-electron chi connectivity index (χ0n) is 12.2. The van der Waals surface area contributed by atoms with E-state index in [1.165, 1.54) is 55.7 Å². The van der Waals surface area contributed by atoms with Crippen LogP contribution in [0, 0.1) is 11.8 Å². The largest absolute Gasteiger partial charge is 0.299 e. The van der Waals surface area contributed by atoms with Gasteiger partial charge in [0, 0.05) is 18.3 Å². The number of hydrogen-bond acceptors (Lipinski definition) is 2. The van der Waals surface area contributed by atoms with E-state index in [-0.39, 0.29) is 0 Å². The summed E-state index contributed by atoms with van der Waals surface area (Å²) in [6.45, 7) is 4.98. The van der Waals surface area contributed by atoms with E-state index in [0.717, 1.165) is 17.9 Å². The molecule has 104 valence electrons. The molecule has 1 aromatic rings. The van der Waals surface area contributed by atoms with E-state index < -0.39 is 0 Å². The highest BCUT2D eigenvalue weighted by Gasteiger charge is 2.60. The summed E-state index contributed by atoms with van der Waals surface area (Å²) >= 11 is 0. The lowest BCUT2D eigenvalue weighted by atomic mass is 9.59. The second-order valence-electron chi connectivity index (χ2n) is 7.18. The average molecular weight is 266 g/mol. The Labute approximate surface area is 120 Å². The molecule has 2 nitrogen and oxygen atoms in total. The topological polar surface area (TPSA) is 15.6 Å². The maximum atomic E-state index is 5.08. The van der Waals surface area contributed by atoms with E-state index in [0.29, 0.717) is 5.41 Å². The standard InChI is InChI=1S/C18H22N2/c1-2-12-11-20-8-7-18-14-5-3-4-6-15(14)19-16(18)9-13(12)10-17(18)20/h3-6,12-13,17H,2,7-11H2,1H3/t12?,13-,17-,18-/m0/s1. The summed E-state index contributed by atoms with van der Waals surface area (Å²) < 4.78 is 0. The third-order valence-corrected chi connectivity index (χ3v) is 6.60. The van der Waals surface area contributed by atoms with E-state index >= 15 is 0 Å². The lowest BCUT2D eigenvalue weighted by Gasteiger charge is -2.50. The predicted molar refractivity (Wildman–Crippen MR) is 81.7 cm³/mol. The van der Waals surface area contributed by atoms with Crippen molar-refractivity contribution in [2.75, 3.05) is 13.1 Å². The molecule has 0 aromatic heterocycles. The molecule has 1 unspecified atom stereocenters. The summed E-state index contributed by atoms with van der Waals surface area (Å²) in [4.78, 5) is 7.88. The Hall–Kier alpha value is -1.15. The van der Waals surface area contributed by atoms with Gasteiger partial charge in [0.1, 0.15) is 0 Å². The van der Waals surface area contributed by atoms with Crippen molar-refractivity contribution in [2.24, 2.45) is 16.8 Å². The smallest absolute Gasteiger partial charge is 0.0671 e. The number of nitrogens with zero attached hydrogens (tertiary/aromatic N) is 2. The molecule has 0 N–H and O–H groups in total. The maximum Gasteiger partial charge on any atom is 0.0671 e. The van der Waals surface area contributed by atoms with Crippen LogP contribution in [0.25, 0.3) is 0 Å². The molecule has 3 fully saturated rings. The van der Waals surface area contributed by atoms with Gasteiger partial charge in [0.05, 0.1) is 11.1 Å². The second kappa shape index (κ2) is 3.73. The number of fused-ring (bicyclic) bond motifs is 2. The van der Waals surface area contributed by atoms with Crippen molar-refractivity contribution in [2.45, 2.75) is 44.1 Å². The third-order valence-electron chi connectivity index (χ3n) is 6.60. The highest BCUT2D eigenvalue weighted by atomic mass is 15.2. The van der Waals surface area contributed by atoms with Crippen molar-refractivity contribution in [3.63, 3.8) is 0 Å². The first-order valence-corrected chi connectivity index (χ1v) is 8.24. The van der Waals surface area contributed by atoms with Crippen molar-refractivity contribution in [1.29, 1.82) is 0 Å². The Morgan fingerprint density at radius 2 is 2.25 bits per heavy atom. The molecule has 2 heteroatoms. The van der Waals surface area contributed by atoms with Gasteiger partial charge in [-0.25, -0.2) is 0 Å². The van der Waals surface area contributed by atoms with Crippen molar-refractivity contribution in [3.8, 4) is 0 Å². The molecule has 4 atom stereocenters. The highest BCUT2D eigenvalue weighted by Crippen LogP contribution is 2.58. The van der Waals surface area contributed by atoms with Crippen LogP contribution in [0.3, 0.4) is 0 Å². The summed E-state index contributed by atoms with van der Waals surface area (Å²) in [5, 5.41) is 0.